The SMILES string of the molecule is O=C1CC[C@H](c2cccnc2)C(=O)N1. The predicted molar refractivity (Wildman–Crippen MR) is 49.4 cm³/mol. The minimum Gasteiger partial charge on any atom is -0.296 e. The third-order valence-corrected chi connectivity index (χ3v) is 2.33. The smallest absolute Gasteiger partial charge is 0.234 e. The molecule has 2 rings (SSSR count). The van der Waals surface area contributed by atoms with Crippen molar-refractivity contribution in [2.24, 2.45) is 0 Å². The molecule has 1 aromatic rings. The standard InChI is InChI=1S/C10H10N2O2/c13-9-4-3-8(10(14)12-9)7-2-1-5-11-6-7/h1-2,5-6,8H,3-4H2,(H,12,13,14)/t8-/m1/s1. The summed E-state index contributed by atoms with van der Waals surface area (Å²) in [6, 6.07) is 3.64. The number of nitrogens with one attached hydrogen (secondary N) is 1. The molecule has 1 aliphatic rings. The van der Waals surface area contributed by atoms with Crippen molar-refractivity contribution in [3.8, 4) is 0 Å². The normalized spacial score (nSPS) is 21.9. The monoisotopic (exact) mass is 190 g/mol. The lowest BCUT2D eigenvalue weighted by Crippen LogP contribution is -2.39. The van der Waals surface area contributed by atoms with E-state index in [2.05, 4.69) is 10.3 Å². The maximum Gasteiger partial charge on any atom is 0.234 e. The van der Waals surface area contributed by atoms with E-state index >= 15 is 0 Å². The summed E-state index contributed by atoms with van der Waals surface area (Å²) in [6.45, 7) is 0. The Labute approximate surface area is 81.3 Å². The molecule has 14 heavy (non-hydrogen) atoms. The van der Waals surface area contributed by atoms with Gasteiger partial charge in [0, 0.05) is 18.8 Å². The van der Waals surface area contributed by atoms with E-state index in [1.807, 2.05) is 6.07 Å². The average molecular weight is 190 g/mol. The van der Waals surface area contributed by atoms with Crippen LogP contribution in [0.3, 0.4) is 0 Å². The van der Waals surface area contributed by atoms with Crippen LogP contribution < -0.4 is 5.32 Å². The van der Waals surface area contributed by atoms with Gasteiger partial charge in [-0.1, -0.05) is 6.07 Å². The number of amides is 2. The van der Waals surface area contributed by atoms with Gasteiger partial charge >= 0.3 is 0 Å². The third-order valence-electron chi connectivity index (χ3n) is 2.33. The number of carbonyl (C=O) groups is 2. The molecule has 1 N–H and O–H groups in total. The van der Waals surface area contributed by atoms with E-state index in [0.717, 1.165) is 5.56 Å². The molecular weight excluding hydrogens is 180 g/mol. The number of carbonyl (C=O) groups excluding carboxylic acids is 2. The second-order valence-corrected chi connectivity index (χ2v) is 3.29. The lowest BCUT2D eigenvalue weighted by molar-refractivity contribution is -0.134. The largest absolute Gasteiger partial charge is 0.296 e. The summed E-state index contributed by atoms with van der Waals surface area (Å²) in [7, 11) is 0. The van der Waals surface area contributed by atoms with Crippen molar-refractivity contribution in [2.75, 3.05) is 0 Å². The minimum absolute atomic E-state index is 0.185. The summed E-state index contributed by atoms with van der Waals surface area (Å²) in [5, 5.41) is 2.32. The third kappa shape index (κ3) is 1.64. The molecule has 1 aromatic heterocycles. The first-order valence-corrected chi connectivity index (χ1v) is 4.51. The van der Waals surface area contributed by atoms with Gasteiger partial charge in [-0.25, -0.2) is 0 Å². The Kier molecular flexibility index (Phi) is 2.26. The van der Waals surface area contributed by atoms with E-state index in [-0.39, 0.29) is 17.7 Å². The van der Waals surface area contributed by atoms with E-state index in [1.165, 1.54) is 0 Å². The Bertz CT molecular complexity index is 362. The lowest BCUT2D eigenvalue weighted by atomic mass is 9.92. The molecule has 1 atom stereocenters. The molecule has 0 spiro atoms. The van der Waals surface area contributed by atoms with Crippen molar-refractivity contribution in [3.05, 3.63) is 30.1 Å². The van der Waals surface area contributed by atoms with Crippen LogP contribution in [0.2, 0.25) is 0 Å². The van der Waals surface area contributed by atoms with Gasteiger partial charge in [-0.05, 0) is 18.1 Å². The highest BCUT2D eigenvalue weighted by Crippen LogP contribution is 2.23. The zero-order valence-corrected chi connectivity index (χ0v) is 7.56. The van der Waals surface area contributed by atoms with Gasteiger partial charge in [-0.3, -0.25) is 19.9 Å². The highest BCUT2D eigenvalue weighted by atomic mass is 16.2. The Hall–Kier alpha value is -1.71. The zero-order chi connectivity index (χ0) is 9.97. The predicted octanol–water partition coefficient (Wildman–Crippen LogP) is 0.602. The highest BCUT2D eigenvalue weighted by Gasteiger charge is 2.27. The molecular formula is C10H10N2O2. The lowest BCUT2D eigenvalue weighted by Gasteiger charge is -2.20. The molecule has 0 aromatic carbocycles. The molecule has 0 saturated carbocycles. The number of nitrogens with zero attached hydrogens (tertiary/aromatic N) is 1. The van der Waals surface area contributed by atoms with E-state index in [1.54, 1.807) is 18.5 Å². The van der Waals surface area contributed by atoms with Gasteiger partial charge < -0.3 is 0 Å². The van der Waals surface area contributed by atoms with Gasteiger partial charge in [0.1, 0.15) is 0 Å². The average Bonchev–Trinajstić information content (AvgIpc) is 2.19. The van der Waals surface area contributed by atoms with Crippen molar-refractivity contribution in [1.82, 2.24) is 10.3 Å². The van der Waals surface area contributed by atoms with Crippen molar-refractivity contribution in [3.63, 3.8) is 0 Å². The highest BCUT2D eigenvalue weighted by molar-refractivity contribution is 6.00. The number of hydrogen-bond acceptors (Lipinski definition) is 3. The van der Waals surface area contributed by atoms with Crippen LogP contribution in [-0.4, -0.2) is 16.8 Å². The number of piperidine rings is 1. The number of pyridine rings is 1. The van der Waals surface area contributed by atoms with Crippen molar-refractivity contribution >= 4 is 11.8 Å². The van der Waals surface area contributed by atoms with Crippen molar-refractivity contribution in [1.29, 1.82) is 0 Å². The van der Waals surface area contributed by atoms with Crippen LogP contribution in [0.25, 0.3) is 0 Å². The fourth-order valence-electron chi connectivity index (χ4n) is 1.59. The topological polar surface area (TPSA) is 59.1 Å². The molecule has 2 amide bonds. The van der Waals surface area contributed by atoms with E-state index in [4.69, 9.17) is 0 Å². The Morgan fingerprint density at radius 3 is 2.93 bits per heavy atom. The maximum atomic E-state index is 11.4. The van der Waals surface area contributed by atoms with Gasteiger partial charge in [0.25, 0.3) is 0 Å². The molecule has 0 aliphatic carbocycles. The number of aromatic nitrogens is 1. The molecule has 1 saturated heterocycles. The number of imide groups is 1. The van der Waals surface area contributed by atoms with Gasteiger partial charge in [0.15, 0.2) is 0 Å². The molecule has 4 heteroatoms. The Balaban J connectivity index is 2.20. The molecule has 72 valence electrons. The van der Waals surface area contributed by atoms with E-state index < -0.39 is 0 Å². The Morgan fingerprint density at radius 1 is 1.43 bits per heavy atom. The molecule has 0 bridgehead atoms. The van der Waals surface area contributed by atoms with Crippen molar-refractivity contribution < 1.29 is 9.59 Å². The molecule has 1 fully saturated rings. The summed E-state index contributed by atoms with van der Waals surface area (Å²) in [4.78, 5) is 26.3. The summed E-state index contributed by atoms with van der Waals surface area (Å²) in [5.74, 6) is -0.620. The van der Waals surface area contributed by atoms with Crippen LogP contribution >= 0.6 is 0 Å². The van der Waals surface area contributed by atoms with Gasteiger partial charge in [0.05, 0.1) is 5.92 Å². The molecule has 4 nitrogen and oxygen atoms in total. The van der Waals surface area contributed by atoms with Crippen LogP contribution in [0.15, 0.2) is 24.5 Å². The Morgan fingerprint density at radius 2 is 2.29 bits per heavy atom. The van der Waals surface area contributed by atoms with Crippen LogP contribution in [0, 0.1) is 0 Å². The van der Waals surface area contributed by atoms with Gasteiger partial charge in [-0.2, -0.15) is 0 Å². The first-order chi connectivity index (χ1) is 6.77. The number of hydrogen-bond donors (Lipinski definition) is 1. The first kappa shape index (κ1) is 8.87. The number of rotatable bonds is 1. The first-order valence-electron chi connectivity index (χ1n) is 4.51. The van der Waals surface area contributed by atoms with Crippen LogP contribution in [0.5, 0.6) is 0 Å². The van der Waals surface area contributed by atoms with Crippen LogP contribution in [-0.2, 0) is 9.59 Å². The van der Waals surface area contributed by atoms with Gasteiger partial charge in [-0.15, -0.1) is 0 Å². The molecule has 0 radical (unpaired) electrons. The second kappa shape index (κ2) is 3.57. The fraction of sp³-hybridized carbons (Fsp3) is 0.300. The maximum absolute atomic E-state index is 11.4. The quantitative estimate of drug-likeness (QED) is 0.660. The van der Waals surface area contributed by atoms with Crippen molar-refractivity contribution in [2.45, 2.75) is 18.8 Å². The molecule has 0 unspecified atom stereocenters. The fourth-order valence-corrected chi connectivity index (χ4v) is 1.59. The second-order valence-electron chi connectivity index (χ2n) is 3.29. The van der Waals surface area contributed by atoms with E-state index in [0.29, 0.717) is 12.8 Å². The zero-order valence-electron chi connectivity index (χ0n) is 7.56. The van der Waals surface area contributed by atoms with E-state index in [9.17, 15) is 9.59 Å². The molecule has 1 aliphatic heterocycles. The van der Waals surface area contributed by atoms with Gasteiger partial charge in [0.2, 0.25) is 11.8 Å². The molecule has 2 heterocycles. The van der Waals surface area contributed by atoms with Crippen LogP contribution in [0.4, 0.5) is 0 Å². The minimum atomic E-state index is -0.221. The summed E-state index contributed by atoms with van der Waals surface area (Å²) < 4.78 is 0. The summed E-state index contributed by atoms with van der Waals surface area (Å²) in [6.07, 6.45) is 4.32. The summed E-state index contributed by atoms with van der Waals surface area (Å²) >= 11 is 0. The van der Waals surface area contributed by atoms with Crippen LogP contribution in [0.1, 0.15) is 24.3 Å². The summed E-state index contributed by atoms with van der Waals surface area (Å²) in [5.41, 5.74) is 0.873.